The number of ether oxygens (including phenoxy) is 1. The number of hydrogen-bond acceptors (Lipinski definition) is 7. The van der Waals surface area contributed by atoms with Crippen molar-refractivity contribution in [3.63, 3.8) is 0 Å². The van der Waals surface area contributed by atoms with Gasteiger partial charge < -0.3 is 19.8 Å². The highest BCUT2D eigenvalue weighted by molar-refractivity contribution is 5.95. The largest absolute Gasteiger partial charge is 0.493 e. The van der Waals surface area contributed by atoms with Crippen LogP contribution in [0.2, 0.25) is 0 Å². The van der Waals surface area contributed by atoms with Gasteiger partial charge in [-0.15, -0.1) is 0 Å². The van der Waals surface area contributed by atoms with E-state index in [1.807, 2.05) is 37.3 Å². The Morgan fingerprint density at radius 1 is 1.02 bits per heavy atom. The molecule has 2 N–H and O–H groups in total. The molecule has 4 rings (SSSR count). The summed E-state index contributed by atoms with van der Waals surface area (Å²) in [6.07, 6.45) is -5.29. The lowest BCUT2D eigenvalue weighted by Crippen LogP contribution is -2.59. The summed E-state index contributed by atoms with van der Waals surface area (Å²) in [5.41, 5.74) is 3.68. The Hall–Kier alpha value is -4.68. The van der Waals surface area contributed by atoms with E-state index in [2.05, 4.69) is 15.1 Å². The molecule has 1 aliphatic rings. The summed E-state index contributed by atoms with van der Waals surface area (Å²) < 4.78 is 43.6. The summed E-state index contributed by atoms with van der Waals surface area (Å²) in [4.78, 5) is 59.9. The zero-order valence-electron chi connectivity index (χ0n) is 24.7. The third-order valence-corrected chi connectivity index (χ3v) is 7.11. The first-order valence-electron chi connectivity index (χ1n) is 13.9. The second-order valence-electron chi connectivity index (χ2n) is 11.6. The zero-order valence-corrected chi connectivity index (χ0v) is 24.7. The summed E-state index contributed by atoms with van der Waals surface area (Å²) in [5.74, 6) is -4.99. The Balaban J connectivity index is 1.44. The second-order valence-corrected chi connectivity index (χ2v) is 11.6. The first kappa shape index (κ1) is 32.2. The normalized spacial score (nSPS) is 17.1. The Morgan fingerprint density at radius 3 is 2.36 bits per heavy atom. The molecule has 0 unspecified atom stereocenters. The molecule has 1 aromatic heterocycles. The number of hydrogen-bond donors (Lipinski definition) is 2. The number of carbonyl (C=O) groups excluding carboxylic acids is 4. The Morgan fingerprint density at radius 2 is 1.70 bits per heavy atom. The topological polar surface area (TPSA) is 127 Å². The maximum Gasteiger partial charge on any atom is 0.493 e. The molecule has 0 spiro atoms. The number of aryl methyl sites for hydroxylation is 1. The summed E-state index contributed by atoms with van der Waals surface area (Å²) in [7, 11) is 0. The molecule has 2 aromatic carbocycles. The van der Waals surface area contributed by atoms with E-state index in [1.165, 1.54) is 17.0 Å². The highest BCUT2D eigenvalue weighted by Crippen LogP contribution is 2.26. The molecular formula is C31H33F3N4O6. The maximum absolute atomic E-state index is 13.2. The molecule has 1 saturated heterocycles. The van der Waals surface area contributed by atoms with Crippen LogP contribution in [0.4, 0.5) is 13.2 Å². The van der Waals surface area contributed by atoms with Crippen LogP contribution in [0.25, 0.3) is 10.9 Å². The third kappa shape index (κ3) is 7.82. The van der Waals surface area contributed by atoms with Gasteiger partial charge in [0.25, 0.3) is 11.8 Å². The van der Waals surface area contributed by atoms with Gasteiger partial charge in [-0.2, -0.15) is 18.7 Å². The zero-order chi connectivity index (χ0) is 32.2. The number of likely N-dealkylation sites (tertiary alicyclic amines) is 1. The van der Waals surface area contributed by atoms with E-state index >= 15 is 0 Å². The van der Waals surface area contributed by atoms with Gasteiger partial charge in [0.1, 0.15) is 12.4 Å². The summed E-state index contributed by atoms with van der Waals surface area (Å²) in [6, 6.07) is 15.0. The van der Waals surface area contributed by atoms with E-state index in [4.69, 9.17) is 4.74 Å². The van der Waals surface area contributed by atoms with E-state index in [-0.39, 0.29) is 37.6 Å². The molecule has 3 aromatic rings. The number of nitrogens with zero attached hydrogens (tertiary/aromatic N) is 2. The highest BCUT2D eigenvalue weighted by atomic mass is 19.4. The Bertz CT molecular complexity index is 1550. The number of amides is 3. The molecule has 234 valence electrons. The number of carbonyl (C=O) groups is 4. The van der Waals surface area contributed by atoms with Gasteiger partial charge >= 0.3 is 12.1 Å². The predicted octanol–water partition coefficient (Wildman–Crippen LogP) is 4.25. The van der Waals surface area contributed by atoms with Crippen molar-refractivity contribution in [1.82, 2.24) is 20.7 Å². The fourth-order valence-corrected chi connectivity index (χ4v) is 4.93. The predicted molar refractivity (Wildman–Crippen MR) is 153 cm³/mol. The molecule has 3 amide bonds. The molecule has 10 nitrogen and oxygen atoms in total. The number of fused-ring (bicyclic) bond motifs is 1. The van der Waals surface area contributed by atoms with Crippen molar-refractivity contribution in [3.05, 3.63) is 71.4 Å². The third-order valence-electron chi connectivity index (χ3n) is 7.11. The van der Waals surface area contributed by atoms with Gasteiger partial charge in [0.2, 0.25) is 5.91 Å². The number of nitrogens with one attached hydrogen (secondary N) is 2. The van der Waals surface area contributed by atoms with E-state index in [1.54, 1.807) is 38.4 Å². The quantitative estimate of drug-likeness (QED) is 0.398. The van der Waals surface area contributed by atoms with Crippen molar-refractivity contribution in [1.29, 1.82) is 0 Å². The van der Waals surface area contributed by atoms with Gasteiger partial charge in [0.05, 0.1) is 17.5 Å². The van der Waals surface area contributed by atoms with Gasteiger partial charge in [-0.1, -0.05) is 39.0 Å². The Labute approximate surface area is 251 Å². The molecule has 1 aliphatic heterocycles. The van der Waals surface area contributed by atoms with Crippen LogP contribution in [0.15, 0.2) is 54.6 Å². The average molecular weight is 615 g/mol. The van der Waals surface area contributed by atoms with E-state index in [0.29, 0.717) is 5.75 Å². The molecular weight excluding hydrogens is 581 g/mol. The second kappa shape index (κ2) is 12.9. The van der Waals surface area contributed by atoms with Crippen LogP contribution in [-0.2, 0) is 25.8 Å². The number of halogens is 3. The molecule has 2 heterocycles. The van der Waals surface area contributed by atoms with E-state index < -0.39 is 41.3 Å². The van der Waals surface area contributed by atoms with Crippen molar-refractivity contribution in [2.75, 3.05) is 13.1 Å². The minimum absolute atomic E-state index is 0.0120. The first-order valence-corrected chi connectivity index (χ1v) is 13.9. The number of aromatic nitrogens is 1. The molecule has 0 saturated carbocycles. The average Bonchev–Trinajstić information content (AvgIpc) is 2.97. The van der Waals surface area contributed by atoms with Crippen molar-refractivity contribution in [2.24, 2.45) is 11.3 Å². The molecule has 0 radical (unpaired) electrons. The Kier molecular flexibility index (Phi) is 9.45. The molecule has 2 atom stereocenters. The lowest BCUT2D eigenvalue weighted by atomic mass is 9.87. The monoisotopic (exact) mass is 614 g/mol. The van der Waals surface area contributed by atoms with Crippen molar-refractivity contribution in [3.8, 4) is 5.75 Å². The fourth-order valence-electron chi connectivity index (χ4n) is 4.93. The molecule has 0 aliphatic carbocycles. The number of para-hydroxylation sites is 1. The number of piperidine rings is 1. The van der Waals surface area contributed by atoms with E-state index in [9.17, 15) is 32.3 Å². The number of hydroxylamine groups is 1. The fraction of sp³-hybridized carbons (Fsp3) is 0.387. The van der Waals surface area contributed by atoms with Gasteiger partial charge in [0.15, 0.2) is 0 Å². The summed E-state index contributed by atoms with van der Waals surface area (Å²) in [6.45, 7) is 7.38. The van der Waals surface area contributed by atoms with Crippen molar-refractivity contribution < 1.29 is 41.9 Å². The van der Waals surface area contributed by atoms with Crippen LogP contribution in [0.1, 0.15) is 48.8 Å². The van der Waals surface area contributed by atoms with E-state index in [0.717, 1.165) is 22.2 Å². The minimum atomic E-state index is -5.30. The van der Waals surface area contributed by atoms with Crippen LogP contribution in [0, 0.1) is 18.3 Å². The smallest absolute Gasteiger partial charge is 0.489 e. The number of alkyl halides is 3. The number of pyridine rings is 1. The van der Waals surface area contributed by atoms with Crippen LogP contribution in [-0.4, -0.2) is 58.9 Å². The standard InChI is InChI=1S/C31H33F3N4O6/c1-18-15-20(22-7-5-6-8-24(22)35-18)17-43-21-11-9-19(10-12-21)26(39)36-25-16-38(28(41)30(2,3)4)14-13-23(25)27(40)37-44-29(42)31(32,33)34/h5-12,15,23,25H,13-14,16-17H2,1-4H3,(H,36,39)(H,37,40)/t23-,25+/m0/s1. The maximum atomic E-state index is 13.2. The van der Waals surface area contributed by atoms with Crippen LogP contribution >= 0.6 is 0 Å². The number of rotatable bonds is 6. The lowest BCUT2D eigenvalue weighted by molar-refractivity contribution is -0.208. The highest BCUT2D eigenvalue weighted by Gasteiger charge is 2.43. The SMILES string of the molecule is Cc1cc(COc2ccc(C(=O)N[C@@H]3CN(C(=O)C(C)(C)C)CC[C@@H]3C(=O)NOC(=O)C(F)(F)F)cc2)c2ccccc2n1. The molecule has 1 fully saturated rings. The van der Waals surface area contributed by atoms with Gasteiger partial charge in [-0.3, -0.25) is 19.4 Å². The summed E-state index contributed by atoms with van der Waals surface area (Å²) >= 11 is 0. The first-order chi connectivity index (χ1) is 20.6. The lowest BCUT2D eigenvalue weighted by Gasteiger charge is -2.40. The van der Waals surface area contributed by atoms with Crippen LogP contribution in [0.3, 0.4) is 0 Å². The number of benzene rings is 2. The van der Waals surface area contributed by atoms with Crippen molar-refractivity contribution in [2.45, 2.75) is 52.9 Å². The molecule has 0 bridgehead atoms. The molecule has 13 heteroatoms. The van der Waals surface area contributed by atoms with Crippen molar-refractivity contribution >= 4 is 34.6 Å². The van der Waals surface area contributed by atoms with Crippen LogP contribution in [0.5, 0.6) is 5.75 Å². The van der Waals surface area contributed by atoms with Gasteiger partial charge in [-0.05, 0) is 49.7 Å². The van der Waals surface area contributed by atoms with Gasteiger partial charge in [-0.25, -0.2) is 4.79 Å². The van der Waals surface area contributed by atoms with Crippen LogP contribution < -0.4 is 15.5 Å². The summed E-state index contributed by atoms with van der Waals surface area (Å²) in [5, 5.41) is 3.68. The van der Waals surface area contributed by atoms with Gasteiger partial charge in [0, 0.05) is 40.7 Å². The molecule has 44 heavy (non-hydrogen) atoms. The minimum Gasteiger partial charge on any atom is -0.489 e.